The zero-order chi connectivity index (χ0) is 13.1. The first-order valence-electron chi connectivity index (χ1n) is 6.52. The standard InChI is InChI=1S/C12H21N3O2S/c1-9-7-15(8-10(2)18-9)12(17)11(16)14-5-3-13-4-6-14/h9-10,13H,3-8H2,1-2H3. The Balaban J connectivity index is 1.95. The molecule has 2 fully saturated rings. The summed E-state index contributed by atoms with van der Waals surface area (Å²) >= 11 is 1.88. The fourth-order valence-corrected chi connectivity index (χ4v) is 3.81. The van der Waals surface area contributed by atoms with Gasteiger partial charge in [0.2, 0.25) is 0 Å². The minimum Gasteiger partial charge on any atom is -0.332 e. The second-order valence-electron chi connectivity index (χ2n) is 5.01. The molecule has 2 aliphatic heterocycles. The number of thioether (sulfide) groups is 1. The van der Waals surface area contributed by atoms with E-state index in [0.717, 1.165) is 13.1 Å². The maximum Gasteiger partial charge on any atom is 0.312 e. The summed E-state index contributed by atoms with van der Waals surface area (Å²) in [6, 6.07) is 0. The molecule has 0 aliphatic carbocycles. The molecule has 102 valence electrons. The van der Waals surface area contributed by atoms with Crippen LogP contribution in [0.25, 0.3) is 0 Å². The molecule has 0 aromatic heterocycles. The largest absolute Gasteiger partial charge is 0.332 e. The van der Waals surface area contributed by atoms with E-state index in [1.165, 1.54) is 0 Å². The lowest BCUT2D eigenvalue weighted by atomic mass is 10.3. The molecule has 0 saturated carbocycles. The third kappa shape index (κ3) is 3.17. The molecule has 6 heteroatoms. The monoisotopic (exact) mass is 271 g/mol. The number of nitrogens with one attached hydrogen (secondary N) is 1. The summed E-state index contributed by atoms with van der Waals surface area (Å²) in [6.07, 6.45) is 0. The maximum absolute atomic E-state index is 12.2. The van der Waals surface area contributed by atoms with E-state index in [0.29, 0.717) is 36.7 Å². The molecule has 0 radical (unpaired) electrons. The van der Waals surface area contributed by atoms with Gasteiger partial charge in [-0.3, -0.25) is 9.59 Å². The molecular formula is C12H21N3O2S. The van der Waals surface area contributed by atoms with Crippen LogP contribution in [0, 0.1) is 0 Å². The molecule has 18 heavy (non-hydrogen) atoms. The molecule has 2 heterocycles. The molecule has 5 nitrogen and oxygen atoms in total. The molecule has 0 aromatic rings. The summed E-state index contributed by atoms with van der Waals surface area (Å²) < 4.78 is 0. The van der Waals surface area contributed by atoms with Crippen LogP contribution in [-0.4, -0.2) is 71.4 Å². The van der Waals surface area contributed by atoms with Gasteiger partial charge in [-0.05, 0) is 0 Å². The van der Waals surface area contributed by atoms with Crippen LogP contribution in [0.1, 0.15) is 13.8 Å². The van der Waals surface area contributed by atoms with Crippen molar-refractivity contribution in [2.24, 2.45) is 0 Å². The molecule has 2 rings (SSSR count). The van der Waals surface area contributed by atoms with Crippen LogP contribution in [0.4, 0.5) is 0 Å². The van der Waals surface area contributed by atoms with Gasteiger partial charge < -0.3 is 15.1 Å². The maximum atomic E-state index is 12.2. The number of carbonyl (C=O) groups is 2. The van der Waals surface area contributed by atoms with Gasteiger partial charge in [0.05, 0.1) is 0 Å². The summed E-state index contributed by atoms with van der Waals surface area (Å²) in [7, 11) is 0. The fourth-order valence-electron chi connectivity index (χ4n) is 2.48. The first-order valence-corrected chi connectivity index (χ1v) is 7.46. The number of hydrogen-bond donors (Lipinski definition) is 1. The van der Waals surface area contributed by atoms with E-state index in [1.807, 2.05) is 11.8 Å². The normalized spacial score (nSPS) is 29.2. The SMILES string of the molecule is CC1CN(C(=O)C(=O)N2CCNCC2)CC(C)S1. The van der Waals surface area contributed by atoms with Crippen molar-refractivity contribution in [1.29, 1.82) is 0 Å². The highest BCUT2D eigenvalue weighted by Crippen LogP contribution is 2.24. The molecule has 0 bridgehead atoms. The second kappa shape index (κ2) is 5.93. The van der Waals surface area contributed by atoms with Crippen LogP contribution in [0.2, 0.25) is 0 Å². The number of hydrogen-bond acceptors (Lipinski definition) is 4. The summed E-state index contributed by atoms with van der Waals surface area (Å²) in [5.74, 6) is -0.654. The average molecular weight is 271 g/mol. The van der Waals surface area contributed by atoms with Crippen molar-refractivity contribution in [2.75, 3.05) is 39.3 Å². The number of piperazine rings is 1. The Kier molecular flexibility index (Phi) is 4.50. The molecule has 0 spiro atoms. The van der Waals surface area contributed by atoms with E-state index in [-0.39, 0.29) is 11.8 Å². The Hall–Kier alpha value is -0.750. The Morgan fingerprint density at radius 3 is 2.06 bits per heavy atom. The smallest absolute Gasteiger partial charge is 0.312 e. The van der Waals surface area contributed by atoms with Crippen LogP contribution in [-0.2, 0) is 9.59 Å². The van der Waals surface area contributed by atoms with Gasteiger partial charge in [0, 0.05) is 49.8 Å². The molecular weight excluding hydrogens is 250 g/mol. The van der Waals surface area contributed by atoms with Crippen molar-refractivity contribution < 1.29 is 9.59 Å². The molecule has 2 saturated heterocycles. The van der Waals surface area contributed by atoms with Crippen molar-refractivity contribution >= 4 is 23.6 Å². The van der Waals surface area contributed by atoms with Crippen molar-refractivity contribution in [3.05, 3.63) is 0 Å². The predicted molar refractivity (Wildman–Crippen MR) is 72.5 cm³/mol. The van der Waals surface area contributed by atoms with E-state index in [1.54, 1.807) is 9.80 Å². The lowest BCUT2D eigenvalue weighted by Crippen LogP contribution is -2.54. The van der Waals surface area contributed by atoms with E-state index in [4.69, 9.17) is 0 Å². The quantitative estimate of drug-likeness (QED) is 0.619. The van der Waals surface area contributed by atoms with E-state index in [9.17, 15) is 9.59 Å². The van der Waals surface area contributed by atoms with Gasteiger partial charge in [0.25, 0.3) is 0 Å². The zero-order valence-corrected chi connectivity index (χ0v) is 11.8. The lowest BCUT2D eigenvalue weighted by molar-refractivity contribution is -0.152. The number of amides is 2. The molecule has 2 atom stereocenters. The van der Waals surface area contributed by atoms with Crippen molar-refractivity contribution in [3.63, 3.8) is 0 Å². The van der Waals surface area contributed by atoms with Gasteiger partial charge in [0.1, 0.15) is 0 Å². The topological polar surface area (TPSA) is 52.7 Å². The van der Waals surface area contributed by atoms with Gasteiger partial charge in [-0.1, -0.05) is 13.8 Å². The minimum atomic E-state index is -0.331. The molecule has 2 unspecified atom stereocenters. The highest BCUT2D eigenvalue weighted by atomic mass is 32.2. The van der Waals surface area contributed by atoms with Crippen molar-refractivity contribution in [2.45, 2.75) is 24.3 Å². The minimum absolute atomic E-state index is 0.323. The second-order valence-corrected chi connectivity index (χ2v) is 6.89. The fraction of sp³-hybridized carbons (Fsp3) is 0.833. The van der Waals surface area contributed by atoms with Gasteiger partial charge in [-0.2, -0.15) is 11.8 Å². The lowest BCUT2D eigenvalue weighted by Gasteiger charge is -2.36. The van der Waals surface area contributed by atoms with Crippen molar-refractivity contribution in [1.82, 2.24) is 15.1 Å². The highest BCUT2D eigenvalue weighted by molar-refractivity contribution is 8.00. The number of rotatable bonds is 0. The first kappa shape index (κ1) is 13.7. The van der Waals surface area contributed by atoms with E-state index >= 15 is 0 Å². The number of carbonyl (C=O) groups excluding carboxylic acids is 2. The Morgan fingerprint density at radius 1 is 1.00 bits per heavy atom. The molecule has 0 aromatic carbocycles. The third-order valence-electron chi connectivity index (χ3n) is 3.29. The summed E-state index contributed by atoms with van der Waals surface area (Å²) in [4.78, 5) is 27.7. The van der Waals surface area contributed by atoms with Gasteiger partial charge >= 0.3 is 11.8 Å². The first-order chi connectivity index (χ1) is 8.58. The summed E-state index contributed by atoms with van der Waals surface area (Å²) in [5.41, 5.74) is 0. The third-order valence-corrected chi connectivity index (χ3v) is 4.52. The Bertz CT molecular complexity index is 321. The summed E-state index contributed by atoms with van der Waals surface area (Å²) in [6.45, 7) is 8.42. The zero-order valence-electron chi connectivity index (χ0n) is 11.0. The van der Waals surface area contributed by atoms with Crippen LogP contribution in [0.15, 0.2) is 0 Å². The van der Waals surface area contributed by atoms with Gasteiger partial charge in [-0.15, -0.1) is 0 Å². The van der Waals surface area contributed by atoms with Crippen LogP contribution in [0.5, 0.6) is 0 Å². The molecule has 2 aliphatic rings. The van der Waals surface area contributed by atoms with E-state index < -0.39 is 0 Å². The van der Waals surface area contributed by atoms with Crippen LogP contribution < -0.4 is 5.32 Å². The predicted octanol–water partition coefficient (Wildman–Crippen LogP) is -0.229. The summed E-state index contributed by atoms with van der Waals surface area (Å²) in [5, 5.41) is 4.00. The highest BCUT2D eigenvalue weighted by Gasteiger charge is 2.32. The molecule has 1 N–H and O–H groups in total. The molecule has 2 amide bonds. The Morgan fingerprint density at radius 2 is 1.50 bits per heavy atom. The average Bonchev–Trinajstić information content (AvgIpc) is 2.37. The van der Waals surface area contributed by atoms with Gasteiger partial charge in [0.15, 0.2) is 0 Å². The van der Waals surface area contributed by atoms with Crippen LogP contribution >= 0.6 is 11.8 Å². The Labute approximate surface area is 112 Å². The van der Waals surface area contributed by atoms with Crippen molar-refractivity contribution in [3.8, 4) is 0 Å². The van der Waals surface area contributed by atoms with Gasteiger partial charge in [-0.25, -0.2) is 0 Å². The number of nitrogens with zero attached hydrogens (tertiary/aromatic N) is 2. The van der Waals surface area contributed by atoms with E-state index in [2.05, 4.69) is 19.2 Å². The van der Waals surface area contributed by atoms with Crippen LogP contribution in [0.3, 0.4) is 0 Å².